The summed E-state index contributed by atoms with van der Waals surface area (Å²) in [7, 11) is 0. The molecule has 25 heavy (non-hydrogen) atoms. The minimum absolute atomic E-state index is 0.0495. The monoisotopic (exact) mass is 345 g/mol. The Balaban J connectivity index is 1.54. The van der Waals surface area contributed by atoms with Crippen LogP contribution in [0.25, 0.3) is 0 Å². The second-order valence-corrected chi connectivity index (χ2v) is 6.52. The molecule has 0 aromatic carbocycles. The Morgan fingerprint density at radius 2 is 2.20 bits per heavy atom. The van der Waals surface area contributed by atoms with Gasteiger partial charge in [-0.1, -0.05) is 11.2 Å². The highest BCUT2D eigenvalue weighted by Gasteiger charge is 2.30. The lowest BCUT2D eigenvalue weighted by atomic mass is 9.98. The molecule has 3 rings (SSSR count). The maximum absolute atomic E-state index is 12.3. The van der Waals surface area contributed by atoms with Crippen molar-refractivity contribution in [2.45, 2.75) is 39.3 Å². The smallest absolute Gasteiger partial charge is 0.250 e. The van der Waals surface area contributed by atoms with Gasteiger partial charge in [-0.25, -0.2) is 0 Å². The van der Waals surface area contributed by atoms with Gasteiger partial charge >= 0.3 is 0 Å². The van der Waals surface area contributed by atoms with Gasteiger partial charge in [0, 0.05) is 43.1 Å². The number of carbonyl (C=O) groups excluding carboxylic acids is 1. The molecule has 7 heteroatoms. The normalized spacial score (nSPS) is 19.9. The third-order valence-corrected chi connectivity index (χ3v) is 4.52. The van der Waals surface area contributed by atoms with Crippen LogP contribution in [-0.4, -0.2) is 34.9 Å². The molecule has 0 spiro atoms. The van der Waals surface area contributed by atoms with Gasteiger partial charge in [0.05, 0.1) is 24.9 Å². The molecule has 3 heterocycles. The fourth-order valence-electron chi connectivity index (χ4n) is 3.13. The van der Waals surface area contributed by atoms with Crippen molar-refractivity contribution >= 4 is 5.91 Å². The number of aryl methyl sites for hydroxylation is 2. The van der Waals surface area contributed by atoms with Gasteiger partial charge in [0.15, 0.2) is 0 Å². The molecular formula is C18H23N3O4. The second-order valence-electron chi connectivity index (χ2n) is 6.52. The van der Waals surface area contributed by atoms with Crippen LogP contribution >= 0.6 is 0 Å². The van der Waals surface area contributed by atoms with Crippen molar-refractivity contribution in [2.24, 2.45) is 5.92 Å². The summed E-state index contributed by atoms with van der Waals surface area (Å²) >= 11 is 0. The molecule has 7 nitrogen and oxygen atoms in total. The number of rotatable bonds is 6. The number of aromatic nitrogens is 2. The van der Waals surface area contributed by atoms with Crippen LogP contribution < -0.4 is 10.9 Å². The predicted molar refractivity (Wildman–Crippen MR) is 91.2 cm³/mol. The van der Waals surface area contributed by atoms with Crippen molar-refractivity contribution in [1.29, 1.82) is 0 Å². The van der Waals surface area contributed by atoms with Crippen LogP contribution in [0.3, 0.4) is 0 Å². The second kappa shape index (κ2) is 7.65. The van der Waals surface area contributed by atoms with E-state index < -0.39 is 0 Å². The molecule has 2 unspecified atom stereocenters. The Hall–Kier alpha value is -2.41. The molecule has 2 aromatic heterocycles. The van der Waals surface area contributed by atoms with Crippen LogP contribution in [-0.2, 0) is 22.5 Å². The fourth-order valence-corrected chi connectivity index (χ4v) is 3.13. The number of hydrogen-bond donors (Lipinski definition) is 1. The summed E-state index contributed by atoms with van der Waals surface area (Å²) in [5.41, 5.74) is 1.61. The Bertz CT molecular complexity index is 796. The molecule has 0 aliphatic carbocycles. The van der Waals surface area contributed by atoms with E-state index >= 15 is 0 Å². The summed E-state index contributed by atoms with van der Waals surface area (Å²) < 4.78 is 12.4. The van der Waals surface area contributed by atoms with Gasteiger partial charge in [0.25, 0.3) is 5.56 Å². The van der Waals surface area contributed by atoms with E-state index in [9.17, 15) is 9.59 Å². The zero-order valence-electron chi connectivity index (χ0n) is 14.5. The van der Waals surface area contributed by atoms with Crippen molar-refractivity contribution in [3.05, 3.63) is 51.8 Å². The van der Waals surface area contributed by atoms with Gasteiger partial charge in [-0.2, -0.15) is 0 Å². The molecule has 1 fully saturated rings. The molecule has 2 aromatic rings. The number of ether oxygens (including phenoxy) is 1. The van der Waals surface area contributed by atoms with E-state index in [1.807, 2.05) is 26.0 Å². The SMILES string of the molecule is Cc1cc(CC2COCC2NC(=O)CCn2c(C)cccc2=O)on1. The summed E-state index contributed by atoms with van der Waals surface area (Å²) in [6.45, 7) is 5.19. The molecule has 0 radical (unpaired) electrons. The molecular weight excluding hydrogens is 322 g/mol. The fraction of sp³-hybridized carbons (Fsp3) is 0.500. The quantitative estimate of drug-likeness (QED) is 0.851. The number of nitrogens with zero attached hydrogens (tertiary/aromatic N) is 2. The van der Waals surface area contributed by atoms with Gasteiger partial charge in [-0.3, -0.25) is 9.59 Å². The lowest BCUT2D eigenvalue weighted by Crippen LogP contribution is -2.41. The predicted octanol–water partition coefficient (Wildman–Crippen LogP) is 1.22. The summed E-state index contributed by atoms with van der Waals surface area (Å²) in [5.74, 6) is 0.889. The summed E-state index contributed by atoms with van der Waals surface area (Å²) in [4.78, 5) is 24.1. The van der Waals surface area contributed by atoms with E-state index in [1.165, 1.54) is 6.07 Å². The Kier molecular flexibility index (Phi) is 5.33. The van der Waals surface area contributed by atoms with E-state index in [2.05, 4.69) is 10.5 Å². The highest BCUT2D eigenvalue weighted by molar-refractivity contribution is 5.76. The third kappa shape index (κ3) is 4.36. The van der Waals surface area contributed by atoms with Crippen molar-refractivity contribution in [3.63, 3.8) is 0 Å². The van der Waals surface area contributed by atoms with E-state index in [0.717, 1.165) is 17.1 Å². The number of nitrogens with one attached hydrogen (secondary N) is 1. The van der Waals surface area contributed by atoms with Crippen LogP contribution in [0, 0.1) is 19.8 Å². The van der Waals surface area contributed by atoms with Gasteiger partial charge in [0.2, 0.25) is 5.91 Å². The Morgan fingerprint density at radius 1 is 1.36 bits per heavy atom. The van der Waals surface area contributed by atoms with E-state index in [-0.39, 0.29) is 29.8 Å². The van der Waals surface area contributed by atoms with Crippen LogP contribution in [0.2, 0.25) is 0 Å². The van der Waals surface area contributed by atoms with Gasteiger partial charge in [-0.05, 0) is 19.9 Å². The molecule has 1 amide bonds. The first-order valence-electron chi connectivity index (χ1n) is 8.48. The summed E-state index contributed by atoms with van der Waals surface area (Å²) in [6.07, 6.45) is 0.943. The maximum atomic E-state index is 12.3. The van der Waals surface area contributed by atoms with Crippen LogP contribution in [0.4, 0.5) is 0 Å². The van der Waals surface area contributed by atoms with E-state index in [1.54, 1.807) is 10.6 Å². The van der Waals surface area contributed by atoms with E-state index in [4.69, 9.17) is 9.26 Å². The topological polar surface area (TPSA) is 86.4 Å². The first kappa shape index (κ1) is 17.4. The van der Waals surface area contributed by atoms with Gasteiger partial charge in [-0.15, -0.1) is 0 Å². The standard InChI is InChI=1S/C18H23N3O4/c1-12-8-15(25-20-12)9-14-10-24-11-16(14)19-17(22)6-7-21-13(2)4-3-5-18(21)23/h3-5,8,14,16H,6-7,9-11H2,1-2H3,(H,19,22). The lowest BCUT2D eigenvalue weighted by Gasteiger charge is -2.18. The number of carbonyl (C=O) groups is 1. The summed E-state index contributed by atoms with van der Waals surface area (Å²) in [5, 5.41) is 6.91. The lowest BCUT2D eigenvalue weighted by molar-refractivity contribution is -0.122. The van der Waals surface area contributed by atoms with Gasteiger partial charge < -0.3 is 19.1 Å². The first-order valence-corrected chi connectivity index (χ1v) is 8.48. The first-order chi connectivity index (χ1) is 12.0. The van der Waals surface area contributed by atoms with Crippen LogP contribution in [0.15, 0.2) is 33.6 Å². The molecule has 1 saturated heterocycles. The zero-order valence-corrected chi connectivity index (χ0v) is 14.5. The van der Waals surface area contributed by atoms with Crippen LogP contribution in [0.5, 0.6) is 0 Å². The Labute approximate surface area is 146 Å². The molecule has 134 valence electrons. The highest BCUT2D eigenvalue weighted by atomic mass is 16.5. The molecule has 0 bridgehead atoms. The number of hydrogen-bond acceptors (Lipinski definition) is 5. The zero-order chi connectivity index (χ0) is 17.8. The Morgan fingerprint density at radius 3 is 2.92 bits per heavy atom. The van der Waals surface area contributed by atoms with Crippen molar-refractivity contribution in [2.75, 3.05) is 13.2 Å². The molecule has 1 N–H and O–H groups in total. The van der Waals surface area contributed by atoms with Gasteiger partial charge in [0.1, 0.15) is 5.76 Å². The highest BCUT2D eigenvalue weighted by Crippen LogP contribution is 2.20. The largest absolute Gasteiger partial charge is 0.379 e. The molecule has 1 aliphatic rings. The molecule has 2 atom stereocenters. The molecule has 1 aliphatic heterocycles. The summed E-state index contributed by atoms with van der Waals surface area (Å²) in [6, 6.07) is 6.94. The minimum Gasteiger partial charge on any atom is -0.379 e. The van der Waals surface area contributed by atoms with E-state index in [0.29, 0.717) is 26.2 Å². The third-order valence-electron chi connectivity index (χ3n) is 4.52. The number of pyridine rings is 1. The average molecular weight is 345 g/mol. The minimum atomic E-state index is -0.0874. The molecule has 0 saturated carbocycles. The maximum Gasteiger partial charge on any atom is 0.250 e. The van der Waals surface area contributed by atoms with Crippen molar-refractivity contribution in [1.82, 2.24) is 15.0 Å². The number of amides is 1. The van der Waals surface area contributed by atoms with Crippen molar-refractivity contribution in [3.8, 4) is 0 Å². The average Bonchev–Trinajstić information content (AvgIpc) is 3.16. The van der Waals surface area contributed by atoms with Crippen LogP contribution in [0.1, 0.15) is 23.6 Å². The van der Waals surface area contributed by atoms with Crippen molar-refractivity contribution < 1.29 is 14.1 Å².